The quantitative estimate of drug-likeness (QED) is 0.577. The van der Waals surface area contributed by atoms with Gasteiger partial charge in [0.15, 0.2) is 5.38 Å². The van der Waals surface area contributed by atoms with Crippen molar-refractivity contribution in [1.29, 1.82) is 5.26 Å². The molecule has 0 radical (unpaired) electrons. The summed E-state index contributed by atoms with van der Waals surface area (Å²) >= 11 is 14.5. The molecule has 1 atom stereocenters. The average molecular weight is 266 g/mol. The fourth-order valence-electron chi connectivity index (χ4n) is 0.672. The van der Waals surface area contributed by atoms with Crippen molar-refractivity contribution >= 4 is 39.1 Å². The van der Waals surface area contributed by atoms with E-state index in [1.54, 1.807) is 12.1 Å². The van der Waals surface area contributed by atoms with Gasteiger partial charge in [0, 0.05) is 4.47 Å². The number of rotatable bonds is 1. The zero-order valence-electron chi connectivity index (χ0n) is 5.76. The third-order valence-electron chi connectivity index (χ3n) is 1.19. The normalized spacial score (nSPS) is 12.2. The number of hydrogen-bond acceptors (Lipinski definition) is 2. The minimum absolute atomic E-state index is 0.328. The van der Waals surface area contributed by atoms with E-state index in [1.165, 1.54) is 0 Å². The zero-order valence-corrected chi connectivity index (χ0v) is 8.86. The van der Waals surface area contributed by atoms with Gasteiger partial charge in [-0.1, -0.05) is 23.2 Å². The van der Waals surface area contributed by atoms with Crippen LogP contribution >= 0.6 is 39.1 Å². The summed E-state index contributed by atoms with van der Waals surface area (Å²) in [5.41, 5.74) is 0.451. The predicted molar refractivity (Wildman–Crippen MR) is 51.2 cm³/mol. The maximum absolute atomic E-state index is 8.52. The van der Waals surface area contributed by atoms with E-state index >= 15 is 0 Å². The Balaban J connectivity index is 3.15. The van der Waals surface area contributed by atoms with E-state index in [0.29, 0.717) is 15.3 Å². The zero-order chi connectivity index (χ0) is 9.14. The lowest BCUT2D eigenvalue weighted by Crippen LogP contribution is -1.93. The first-order valence-electron chi connectivity index (χ1n) is 3.01. The molecule has 1 unspecified atom stereocenters. The number of nitriles is 1. The standard InChI is InChI=1S/C7H3BrCl2N2/c8-4-1-2-6(10)12-7(4)5(9)3-11/h1-2,5H. The number of pyridine rings is 1. The SMILES string of the molecule is N#CC(Cl)c1nc(Cl)ccc1Br. The van der Waals surface area contributed by atoms with E-state index in [0.717, 1.165) is 0 Å². The van der Waals surface area contributed by atoms with Crippen LogP contribution in [0.2, 0.25) is 5.15 Å². The van der Waals surface area contributed by atoms with Gasteiger partial charge in [-0.15, -0.1) is 0 Å². The third kappa shape index (κ3) is 2.10. The summed E-state index contributed by atoms with van der Waals surface area (Å²) < 4.78 is 0.688. The molecule has 2 nitrogen and oxygen atoms in total. The van der Waals surface area contributed by atoms with Crippen LogP contribution in [0, 0.1) is 11.3 Å². The van der Waals surface area contributed by atoms with Crippen LogP contribution in [-0.4, -0.2) is 4.98 Å². The molecule has 1 rings (SSSR count). The molecule has 12 heavy (non-hydrogen) atoms. The number of aromatic nitrogens is 1. The summed E-state index contributed by atoms with van der Waals surface area (Å²) in [6.45, 7) is 0. The molecule has 62 valence electrons. The molecule has 0 N–H and O–H groups in total. The van der Waals surface area contributed by atoms with Crippen molar-refractivity contribution in [2.75, 3.05) is 0 Å². The molecule has 0 fully saturated rings. The molecule has 0 bridgehead atoms. The first kappa shape index (κ1) is 9.79. The van der Waals surface area contributed by atoms with E-state index in [1.807, 2.05) is 6.07 Å². The minimum Gasteiger partial charge on any atom is -0.237 e. The van der Waals surface area contributed by atoms with Crippen LogP contribution in [0.25, 0.3) is 0 Å². The maximum Gasteiger partial charge on any atom is 0.163 e. The highest BCUT2D eigenvalue weighted by atomic mass is 79.9. The van der Waals surface area contributed by atoms with Crippen LogP contribution in [0.5, 0.6) is 0 Å². The van der Waals surface area contributed by atoms with Crippen molar-refractivity contribution < 1.29 is 0 Å². The van der Waals surface area contributed by atoms with E-state index < -0.39 is 5.38 Å². The van der Waals surface area contributed by atoms with Crippen molar-refractivity contribution in [2.45, 2.75) is 5.38 Å². The molecule has 5 heteroatoms. The minimum atomic E-state index is -0.766. The van der Waals surface area contributed by atoms with Gasteiger partial charge in [-0.25, -0.2) is 4.98 Å². The lowest BCUT2D eigenvalue weighted by atomic mass is 10.3. The van der Waals surface area contributed by atoms with Gasteiger partial charge in [0.2, 0.25) is 0 Å². The molecular weight excluding hydrogens is 263 g/mol. The van der Waals surface area contributed by atoms with E-state index in [2.05, 4.69) is 20.9 Å². The summed E-state index contributed by atoms with van der Waals surface area (Å²) in [5.74, 6) is 0. The van der Waals surface area contributed by atoms with Gasteiger partial charge >= 0.3 is 0 Å². The van der Waals surface area contributed by atoms with Gasteiger partial charge in [0.25, 0.3) is 0 Å². The highest BCUT2D eigenvalue weighted by Gasteiger charge is 2.12. The van der Waals surface area contributed by atoms with Gasteiger partial charge < -0.3 is 0 Å². The fraction of sp³-hybridized carbons (Fsp3) is 0.143. The summed E-state index contributed by atoms with van der Waals surface area (Å²) in [6.07, 6.45) is 0. The molecule has 0 spiro atoms. The molecule has 0 saturated heterocycles. The fourth-order valence-corrected chi connectivity index (χ4v) is 1.57. The van der Waals surface area contributed by atoms with Crippen LogP contribution in [0.15, 0.2) is 16.6 Å². The largest absolute Gasteiger partial charge is 0.237 e. The summed E-state index contributed by atoms with van der Waals surface area (Å²) in [7, 11) is 0. The molecule has 0 aliphatic carbocycles. The third-order valence-corrected chi connectivity index (χ3v) is 2.38. The van der Waals surface area contributed by atoms with Crippen LogP contribution in [-0.2, 0) is 0 Å². The lowest BCUT2D eigenvalue weighted by Gasteiger charge is -2.02. The van der Waals surface area contributed by atoms with Crippen molar-refractivity contribution in [3.8, 4) is 6.07 Å². The van der Waals surface area contributed by atoms with E-state index in [4.69, 9.17) is 28.5 Å². The molecule has 1 heterocycles. The van der Waals surface area contributed by atoms with Crippen molar-refractivity contribution in [2.24, 2.45) is 0 Å². The maximum atomic E-state index is 8.52. The van der Waals surface area contributed by atoms with Gasteiger partial charge in [-0.3, -0.25) is 0 Å². The van der Waals surface area contributed by atoms with E-state index in [-0.39, 0.29) is 0 Å². The van der Waals surface area contributed by atoms with Crippen LogP contribution < -0.4 is 0 Å². The molecule has 0 aliphatic rings. The second-order valence-corrected chi connectivity index (χ2v) is 3.67. The predicted octanol–water partition coefficient (Wildman–Crippen LogP) is 3.30. The Kier molecular flexibility index (Phi) is 3.33. The number of hydrogen-bond donors (Lipinski definition) is 0. The van der Waals surface area contributed by atoms with Crippen LogP contribution in [0.4, 0.5) is 0 Å². The van der Waals surface area contributed by atoms with Crippen molar-refractivity contribution in [1.82, 2.24) is 4.98 Å². The molecular formula is C7H3BrCl2N2. The topological polar surface area (TPSA) is 36.7 Å². The van der Waals surface area contributed by atoms with Gasteiger partial charge in [0.1, 0.15) is 5.15 Å². The number of halogens is 3. The Labute approximate surface area is 88.2 Å². The summed E-state index contributed by atoms with van der Waals surface area (Å²) in [4.78, 5) is 3.91. The van der Waals surface area contributed by atoms with Gasteiger partial charge in [-0.05, 0) is 28.1 Å². The Morgan fingerprint density at radius 2 is 2.25 bits per heavy atom. The lowest BCUT2D eigenvalue weighted by molar-refractivity contribution is 1.07. The highest BCUT2D eigenvalue weighted by Crippen LogP contribution is 2.26. The monoisotopic (exact) mass is 264 g/mol. The van der Waals surface area contributed by atoms with Crippen LogP contribution in [0.1, 0.15) is 11.1 Å². The van der Waals surface area contributed by atoms with Crippen LogP contribution in [0.3, 0.4) is 0 Å². The first-order valence-corrected chi connectivity index (χ1v) is 4.61. The Bertz CT molecular complexity index is 335. The second-order valence-electron chi connectivity index (χ2n) is 1.99. The summed E-state index contributed by atoms with van der Waals surface area (Å²) in [5, 5.41) is 8.08. The second kappa shape index (κ2) is 4.08. The Hall–Kier alpha value is -0.300. The Morgan fingerprint density at radius 1 is 1.58 bits per heavy atom. The molecule has 1 aromatic rings. The van der Waals surface area contributed by atoms with Gasteiger partial charge in [-0.2, -0.15) is 5.26 Å². The van der Waals surface area contributed by atoms with Crippen molar-refractivity contribution in [3.05, 3.63) is 27.5 Å². The number of nitrogens with zero attached hydrogens (tertiary/aromatic N) is 2. The Morgan fingerprint density at radius 3 is 2.83 bits per heavy atom. The van der Waals surface area contributed by atoms with E-state index in [9.17, 15) is 0 Å². The molecule has 0 amide bonds. The van der Waals surface area contributed by atoms with Gasteiger partial charge in [0.05, 0.1) is 11.8 Å². The van der Waals surface area contributed by atoms with Crippen molar-refractivity contribution in [3.63, 3.8) is 0 Å². The summed E-state index contributed by atoms with van der Waals surface area (Å²) in [6, 6.07) is 5.19. The molecule has 1 aromatic heterocycles. The molecule has 0 saturated carbocycles. The first-order chi connectivity index (χ1) is 5.65. The smallest absolute Gasteiger partial charge is 0.163 e. The average Bonchev–Trinajstić information content (AvgIpc) is 2.08. The highest BCUT2D eigenvalue weighted by molar-refractivity contribution is 9.10. The molecule has 0 aliphatic heterocycles. The number of alkyl halides is 1. The molecule has 0 aromatic carbocycles.